The molecule has 0 radical (unpaired) electrons. The predicted molar refractivity (Wildman–Crippen MR) is 72.5 cm³/mol. The molecule has 0 atom stereocenters. The van der Waals surface area contributed by atoms with Crippen LogP contribution in [0.15, 0.2) is 59.6 Å². The van der Waals surface area contributed by atoms with Crippen LogP contribution in [0.25, 0.3) is 10.2 Å². The number of benzene rings is 2. The van der Waals surface area contributed by atoms with Gasteiger partial charge in [0.1, 0.15) is 0 Å². The molecule has 84 valence electrons. The molecule has 1 heterocycles. The van der Waals surface area contributed by atoms with Crippen molar-refractivity contribution in [2.75, 3.05) is 0 Å². The van der Waals surface area contributed by atoms with E-state index in [2.05, 4.69) is 40.9 Å². The first kappa shape index (κ1) is 10.3. The van der Waals surface area contributed by atoms with E-state index in [0.29, 0.717) is 0 Å². The topological polar surface area (TPSA) is 17.3 Å². The first-order chi connectivity index (χ1) is 8.34. The standard InChI is InChI=1S/C14H12N2S/c1-16-12-9-5-6-10-13(12)17-14(16)15-11-7-3-2-4-8-11/h2-10H,1H3. The molecule has 0 bridgehead atoms. The van der Waals surface area contributed by atoms with E-state index in [1.165, 1.54) is 10.2 Å². The average Bonchev–Trinajstić information content (AvgIpc) is 2.68. The molecule has 0 unspecified atom stereocenters. The Balaban J connectivity index is 2.25. The van der Waals surface area contributed by atoms with Gasteiger partial charge in [0.05, 0.1) is 15.9 Å². The van der Waals surface area contributed by atoms with Crippen molar-refractivity contribution in [3.05, 3.63) is 59.4 Å². The molecule has 3 rings (SSSR count). The van der Waals surface area contributed by atoms with Crippen LogP contribution >= 0.6 is 11.3 Å². The second-order valence-electron chi connectivity index (χ2n) is 3.86. The van der Waals surface area contributed by atoms with Gasteiger partial charge in [-0.25, -0.2) is 4.99 Å². The average molecular weight is 240 g/mol. The molecule has 0 saturated heterocycles. The van der Waals surface area contributed by atoms with Crippen LogP contribution in [0, 0.1) is 0 Å². The highest BCUT2D eigenvalue weighted by Crippen LogP contribution is 2.16. The smallest absolute Gasteiger partial charge is 0.190 e. The third-order valence-corrected chi connectivity index (χ3v) is 3.81. The van der Waals surface area contributed by atoms with E-state index in [0.717, 1.165) is 10.5 Å². The molecular formula is C14H12N2S. The lowest BCUT2D eigenvalue weighted by Gasteiger charge is -1.94. The zero-order valence-electron chi connectivity index (χ0n) is 9.50. The molecule has 0 aliphatic rings. The van der Waals surface area contributed by atoms with Gasteiger partial charge in [-0.15, -0.1) is 0 Å². The minimum atomic E-state index is 0.995. The van der Waals surface area contributed by atoms with Gasteiger partial charge in [0.25, 0.3) is 0 Å². The Bertz CT molecular complexity index is 708. The fourth-order valence-corrected chi connectivity index (χ4v) is 2.84. The lowest BCUT2D eigenvalue weighted by atomic mass is 10.3. The van der Waals surface area contributed by atoms with Gasteiger partial charge in [0.2, 0.25) is 0 Å². The summed E-state index contributed by atoms with van der Waals surface area (Å²) in [5, 5.41) is 0. The number of rotatable bonds is 1. The summed E-state index contributed by atoms with van der Waals surface area (Å²) in [5.41, 5.74) is 2.22. The summed E-state index contributed by atoms with van der Waals surface area (Å²) in [7, 11) is 2.06. The summed E-state index contributed by atoms with van der Waals surface area (Å²) >= 11 is 1.72. The van der Waals surface area contributed by atoms with Gasteiger partial charge in [0.15, 0.2) is 4.80 Å². The molecular weight excluding hydrogens is 228 g/mol. The minimum Gasteiger partial charge on any atom is -0.320 e. The van der Waals surface area contributed by atoms with E-state index in [-0.39, 0.29) is 0 Å². The summed E-state index contributed by atoms with van der Waals surface area (Å²) in [6, 6.07) is 18.4. The van der Waals surface area contributed by atoms with Crippen LogP contribution in [0.1, 0.15) is 0 Å². The number of nitrogens with zero attached hydrogens (tertiary/aromatic N) is 2. The number of hydrogen-bond donors (Lipinski definition) is 0. The van der Waals surface area contributed by atoms with Crippen LogP contribution in [0.3, 0.4) is 0 Å². The van der Waals surface area contributed by atoms with Gasteiger partial charge < -0.3 is 4.57 Å². The molecule has 2 aromatic carbocycles. The second kappa shape index (κ2) is 4.18. The van der Waals surface area contributed by atoms with Crippen molar-refractivity contribution in [3.63, 3.8) is 0 Å². The number of thiazole rings is 1. The van der Waals surface area contributed by atoms with Gasteiger partial charge in [-0.2, -0.15) is 0 Å². The summed E-state index contributed by atoms with van der Waals surface area (Å²) < 4.78 is 3.40. The maximum Gasteiger partial charge on any atom is 0.190 e. The van der Waals surface area contributed by atoms with E-state index in [9.17, 15) is 0 Å². The van der Waals surface area contributed by atoms with Gasteiger partial charge in [-0.1, -0.05) is 41.7 Å². The van der Waals surface area contributed by atoms with Crippen molar-refractivity contribution in [1.29, 1.82) is 0 Å². The molecule has 1 aromatic heterocycles. The maximum atomic E-state index is 4.66. The molecule has 0 spiro atoms. The molecule has 3 aromatic rings. The summed E-state index contributed by atoms with van der Waals surface area (Å²) in [6.07, 6.45) is 0. The van der Waals surface area contributed by atoms with Gasteiger partial charge in [0, 0.05) is 7.05 Å². The van der Waals surface area contributed by atoms with Crippen LogP contribution in [0.2, 0.25) is 0 Å². The van der Waals surface area contributed by atoms with Crippen LogP contribution in [-0.4, -0.2) is 4.57 Å². The van der Waals surface area contributed by atoms with Crippen molar-refractivity contribution in [2.24, 2.45) is 12.0 Å². The predicted octanol–water partition coefficient (Wildman–Crippen LogP) is 3.47. The summed E-state index contributed by atoms with van der Waals surface area (Å²) in [4.78, 5) is 5.68. The van der Waals surface area contributed by atoms with E-state index in [4.69, 9.17) is 0 Å². The first-order valence-corrected chi connectivity index (χ1v) is 6.30. The van der Waals surface area contributed by atoms with E-state index in [1.807, 2.05) is 30.3 Å². The molecule has 17 heavy (non-hydrogen) atoms. The third kappa shape index (κ3) is 1.89. The minimum absolute atomic E-state index is 0.995. The largest absolute Gasteiger partial charge is 0.320 e. The van der Waals surface area contributed by atoms with Crippen molar-refractivity contribution in [1.82, 2.24) is 4.57 Å². The third-order valence-electron chi connectivity index (χ3n) is 2.70. The fourth-order valence-electron chi connectivity index (χ4n) is 1.80. The molecule has 0 aliphatic heterocycles. The molecule has 2 nitrogen and oxygen atoms in total. The SMILES string of the molecule is Cn1c(=Nc2ccccc2)sc2ccccc21. The van der Waals surface area contributed by atoms with E-state index in [1.54, 1.807) is 11.3 Å². The number of aryl methyl sites for hydroxylation is 1. The molecule has 0 N–H and O–H groups in total. The molecule has 0 saturated carbocycles. The van der Waals surface area contributed by atoms with Crippen molar-refractivity contribution in [2.45, 2.75) is 0 Å². The highest BCUT2D eigenvalue weighted by molar-refractivity contribution is 7.16. The van der Waals surface area contributed by atoms with Crippen molar-refractivity contribution in [3.8, 4) is 0 Å². The van der Waals surface area contributed by atoms with Crippen LogP contribution in [-0.2, 0) is 7.05 Å². The van der Waals surface area contributed by atoms with Gasteiger partial charge in [-0.05, 0) is 24.3 Å². The zero-order valence-corrected chi connectivity index (χ0v) is 10.3. The summed E-state index contributed by atoms with van der Waals surface area (Å²) in [6.45, 7) is 0. The molecule has 3 heteroatoms. The van der Waals surface area contributed by atoms with Crippen molar-refractivity contribution >= 4 is 27.2 Å². The fraction of sp³-hybridized carbons (Fsp3) is 0.0714. The van der Waals surface area contributed by atoms with Crippen LogP contribution < -0.4 is 4.80 Å². The Morgan fingerprint density at radius 1 is 0.941 bits per heavy atom. The Morgan fingerprint density at radius 2 is 1.65 bits per heavy atom. The van der Waals surface area contributed by atoms with Crippen LogP contribution in [0.4, 0.5) is 5.69 Å². The summed E-state index contributed by atoms with van der Waals surface area (Å²) in [5.74, 6) is 0. The Kier molecular flexibility index (Phi) is 2.53. The highest BCUT2D eigenvalue weighted by Gasteiger charge is 2.00. The van der Waals surface area contributed by atoms with E-state index >= 15 is 0 Å². The maximum absolute atomic E-state index is 4.66. The molecule has 0 aliphatic carbocycles. The lowest BCUT2D eigenvalue weighted by Crippen LogP contribution is -2.08. The van der Waals surface area contributed by atoms with Gasteiger partial charge >= 0.3 is 0 Å². The highest BCUT2D eigenvalue weighted by atomic mass is 32.1. The number of hydrogen-bond acceptors (Lipinski definition) is 2. The quantitative estimate of drug-likeness (QED) is 0.619. The molecule has 0 fully saturated rings. The second-order valence-corrected chi connectivity index (χ2v) is 4.87. The Labute approximate surface area is 104 Å². The van der Waals surface area contributed by atoms with Gasteiger partial charge in [-0.3, -0.25) is 0 Å². The number of para-hydroxylation sites is 2. The number of aromatic nitrogens is 1. The first-order valence-electron chi connectivity index (χ1n) is 5.49. The normalized spacial score (nSPS) is 12.2. The van der Waals surface area contributed by atoms with E-state index < -0.39 is 0 Å². The van der Waals surface area contributed by atoms with Crippen LogP contribution in [0.5, 0.6) is 0 Å². The molecule has 0 amide bonds. The Morgan fingerprint density at radius 3 is 2.41 bits per heavy atom. The Hall–Kier alpha value is -1.87. The zero-order chi connectivity index (χ0) is 11.7. The number of fused-ring (bicyclic) bond motifs is 1. The monoisotopic (exact) mass is 240 g/mol. The lowest BCUT2D eigenvalue weighted by molar-refractivity contribution is 0.912. The van der Waals surface area contributed by atoms with Crippen molar-refractivity contribution < 1.29 is 0 Å².